The van der Waals surface area contributed by atoms with E-state index in [1.807, 2.05) is 30.3 Å². The van der Waals surface area contributed by atoms with E-state index >= 15 is 0 Å². The van der Waals surface area contributed by atoms with Gasteiger partial charge in [-0.25, -0.2) is 9.59 Å². The van der Waals surface area contributed by atoms with Crippen LogP contribution in [0.4, 0.5) is 10.5 Å². The highest BCUT2D eigenvalue weighted by Gasteiger charge is 2.39. The summed E-state index contributed by atoms with van der Waals surface area (Å²) >= 11 is 0. The van der Waals surface area contributed by atoms with E-state index in [-0.39, 0.29) is 19.4 Å². The normalized spacial score (nSPS) is 14.7. The Hall–Kier alpha value is -5.44. The van der Waals surface area contributed by atoms with Crippen molar-refractivity contribution >= 4 is 23.7 Å². The molecule has 2 amide bonds. The Balaban J connectivity index is 1.63. The maximum Gasteiger partial charge on any atom is 0.411 e. The highest BCUT2D eigenvalue weighted by Crippen LogP contribution is 2.34. The number of amides is 2. The SMILES string of the molecule is COC(=O)[C@H](Cc1ccc(-c2ccccc2)c(C#N)c1)NC(=O)[C@@H]1Cc2cc([N+](=O)[O-])c(O)cc2CN1C(=O)OC(C)C. The van der Waals surface area contributed by atoms with Gasteiger partial charge in [-0.2, -0.15) is 5.26 Å². The number of methoxy groups -OCH3 is 1. The number of rotatable bonds is 8. The third-order valence-electron chi connectivity index (χ3n) is 7.03. The van der Waals surface area contributed by atoms with Crippen molar-refractivity contribution in [2.75, 3.05) is 7.11 Å². The first-order valence-corrected chi connectivity index (χ1v) is 13.4. The molecule has 0 saturated carbocycles. The minimum Gasteiger partial charge on any atom is -0.502 e. The Morgan fingerprint density at radius 2 is 1.86 bits per heavy atom. The molecule has 2 atom stereocenters. The molecule has 3 aromatic carbocycles. The highest BCUT2D eigenvalue weighted by atomic mass is 16.6. The van der Waals surface area contributed by atoms with Gasteiger partial charge >= 0.3 is 17.7 Å². The molecule has 222 valence electrons. The average Bonchev–Trinajstić information content (AvgIpc) is 2.99. The number of phenolic OH excluding ortho intramolecular Hbond substituents is 1. The van der Waals surface area contributed by atoms with Crippen molar-refractivity contribution in [1.29, 1.82) is 5.26 Å². The zero-order valence-electron chi connectivity index (χ0n) is 23.8. The molecule has 0 bridgehead atoms. The third-order valence-corrected chi connectivity index (χ3v) is 7.03. The van der Waals surface area contributed by atoms with Crippen LogP contribution >= 0.6 is 0 Å². The van der Waals surface area contributed by atoms with Gasteiger partial charge in [-0.3, -0.25) is 19.8 Å². The quantitative estimate of drug-likeness (QED) is 0.225. The number of aromatic hydroxyl groups is 1. The Morgan fingerprint density at radius 3 is 2.49 bits per heavy atom. The van der Waals surface area contributed by atoms with Crippen LogP contribution in [0.3, 0.4) is 0 Å². The second-order valence-corrected chi connectivity index (χ2v) is 10.3. The first kappa shape index (κ1) is 30.5. The number of carbonyl (C=O) groups is 3. The van der Waals surface area contributed by atoms with Gasteiger partial charge in [-0.1, -0.05) is 42.5 Å². The monoisotopic (exact) mass is 586 g/mol. The lowest BCUT2D eigenvalue weighted by Crippen LogP contribution is -2.56. The zero-order valence-corrected chi connectivity index (χ0v) is 23.8. The van der Waals surface area contributed by atoms with Crippen LogP contribution in [0.25, 0.3) is 11.1 Å². The molecule has 1 aliphatic rings. The minimum absolute atomic E-state index is 0.0126. The van der Waals surface area contributed by atoms with Crippen molar-refractivity contribution in [1.82, 2.24) is 10.2 Å². The number of nitrogens with zero attached hydrogens (tertiary/aromatic N) is 3. The number of ether oxygens (including phenoxy) is 2. The number of benzene rings is 3. The van der Waals surface area contributed by atoms with Crippen molar-refractivity contribution in [3.8, 4) is 22.9 Å². The highest BCUT2D eigenvalue weighted by molar-refractivity contribution is 5.90. The summed E-state index contributed by atoms with van der Waals surface area (Å²) in [4.78, 5) is 51.3. The lowest BCUT2D eigenvalue weighted by atomic mass is 9.92. The molecule has 1 heterocycles. The fourth-order valence-corrected chi connectivity index (χ4v) is 4.97. The lowest BCUT2D eigenvalue weighted by Gasteiger charge is -2.36. The standard InChI is InChI=1S/C31H30N4O8/c1-18(2)43-31(39)34-17-23-15-28(36)26(35(40)41)13-21(23)14-27(34)29(37)33-25(30(38)42-3)12-19-9-10-24(22(11-19)16-32)20-7-5-4-6-8-20/h4-11,13,15,18,25,27,36H,12,14,17H2,1-3H3,(H,33,37)/t25-,27-/m0/s1. The van der Waals surface area contributed by atoms with E-state index in [9.17, 15) is 34.9 Å². The molecule has 4 rings (SSSR count). The van der Waals surface area contributed by atoms with Crippen LogP contribution in [-0.4, -0.2) is 58.2 Å². The molecule has 1 aliphatic heterocycles. The van der Waals surface area contributed by atoms with E-state index in [2.05, 4.69) is 11.4 Å². The molecule has 12 heteroatoms. The molecule has 0 aromatic heterocycles. The van der Waals surface area contributed by atoms with E-state index in [1.165, 1.54) is 19.2 Å². The van der Waals surface area contributed by atoms with Crippen molar-refractivity contribution in [3.05, 3.63) is 93.0 Å². The summed E-state index contributed by atoms with van der Waals surface area (Å²) in [7, 11) is 1.18. The molecule has 2 N–H and O–H groups in total. The maximum atomic E-state index is 13.7. The van der Waals surface area contributed by atoms with Gasteiger partial charge < -0.3 is 19.9 Å². The molecular formula is C31H30N4O8. The molecule has 0 fully saturated rings. The Bertz CT molecular complexity index is 1600. The molecule has 0 radical (unpaired) electrons. The first-order chi connectivity index (χ1) is 20.5. The Morgan fingerprint density at radius 1 is 1.14 bits per heavy atom. The summed E-state index contributed by atoms with van der Waals surface area (Å²) in [5, 5.41) is 34.0. The summed E-state index contributed by atoms with van der Waals surface area (Å²) in [6.45, 7) is 3.12. The van der Waals surface area contributed by atoms with Gasteiger partial charge in [0, 0.05) is 18.9 Å². The molecule has 0 aliphatic carbocycles. The topological polar surface area (TPSA) is 172 Å². The van der Waals surface area contributed by atoms with Gasteiger partial charge in [0.2, 0.25) is 5.91 Å². The number of hydrogen-bond acceptors (Lipinski definition) is 9. The Labute approximate surface area is 247 Å². The minimum atomic E-state index is -1.19. The van der Waals surface area contributed by atoms with E-state index in [0.717, 1.165) is 10.5 Å². The summed E-state index contributed by atoms with van der Waals surface area (Å²) in [5.74, 6) is -2.02. The van der Waals surface area contributed by atoms with Crippen molar-refractivity contribution in [3.63, 3.8) is 0 Å². The van der Waals surface area contributed by atoms with Crippen molar-refractivity contribution < 1.29 is 33.9 Å². The Kier molecular flexibility index (Phi) is 9.25. The van der Waals surface area contributed by atoms with Crippen LogP contribution < -0.4 is 5.32 Å². The van der Waals surface area contributed by atoms with Crippen LogP contribution in [0.5, 0.6) is 5.75 Å². The van der Waals surface area contributed by atoms with E-state index in [0.29, 0.717) is 27.8 Å². The fourth-order valence-electron chi connectivity index (χ4n) is 4.97. The van der Waals surface area contributed by atoms with Gasteiger partial charge in [0.25, 0.3) is 0 Å². The van der Waals surface area contributed by atoms with Crippen LogP contribution in [-0.2, 0) is 38.4 Å². The molecule has 0 saturated heterocycles. The van der Waals surface area contributed by atoms with Crippen LogP contribution in [0, 0.1) is 21.4 Å². The fraction of sp³-hybridized carbons (Fsp3) is 0.290. The predicted octanol–water partition coefficient (Wildman–Crippen LogP) is 4.01. The zero-order chi connectivity index (χ0) is 31.3. The molecule has 3 aromatic rings. The van der Waals surface area contributed by atoms with Crippen molar-refractivity contribution in [2.45, 2.75) is 51.4 Å². The number of hydrogen-bond donors (Lipinski definition) is 2. The summed E-state index contributed by atoms with van der Waals surface area (Å²) < 4.78 is 10.3. The number of fused-ring (bicyclic) bond motifs is 1. The second kappa shape index (κ2) is 13.0. The molecule has 43 heavy (non-hydrogen) atoms. The summed E-state index contributed by atoms with van der Waals surface area (Å²) in [6.07, 6.45) is -1.45. The van der Waals surface area contributed by atoms with E-state index in [4.69, 9.17) is 9.47 Å². The van der Waals surface area contributed by atoms with Gasteiger partial charge in [-0.15, -0.1) is 0 Å². The number of nitrogens with one attached hydrogen (secondary N) is 1. The molecule has 0 spiro atoms. The summed E-state index contributed by atoms with van der Waals surface area (Å²) in [5.41, 5.74) is 2.81. The second-order valence-electron chi connectivity index (χ2n) is 10.3. The van der Waals surface area contributed by atoms with Gasteiger partial charge in [0.1, 0.15) is 12.1 Å². The summed E-state index contributed by atoms with van der Waals surface area (Å²) in [6, 6.07) is 16.7. The van der Waals surface area contributed by atoms with Gasteiger partial charge in [0.15, 0.2) is 5.75 Å². The van der Waals surface area contributed by atoms with Gasteiger partial charge in [-0.05, 0) is 53.8 Å². The van der Waals surface area contributed by atoms with E-state index < -0.39 is 52.5 Å². The average molecular weight is 587 g/mol. The number of nitro benzene ring substituents is 1. The number of nitriles is 1. The van der Waals surface area contributed by atoms with Crippen molar-refractivity contribution in [2.24, 2.45) is 0 Å². The number of esters is 1. The largest absolute Gasteiger partial charge is 0.502 e. The first-order valence-electron chi connectivity index (χ1n) is 13.4. The third kappa shape index (κ3) is 6.90. The number of nitro groups is 1. The van der Waals surface area contributed by atoms with Gasteiger partial charge in [0.05, 0.1) is 36.3 Å². The predicted molar refractivity (Wildman–Crippen MR) is 154 cm³/mol. The van der Waals surface area contributed by atoms with Crippen LogP contribution in [0.15, 0.2) is 60.7 Å². The molecular weight excluding hydrogens is 556 g/mol. The molecule has 0 unspecified atom stereocenters. The smallest absolute Gasteiger partial charge is 0.411 e. The van der Waals surface area contributed by atoms with Crippen LogP contribution in [0.1, 0.15) is 36.1 Å². The van der Waals surface area contributed by atoms with E-state index in [1.54, 1.807) is 32.0 Å². The number of phenols is 1. The molecule has 12 nitrogen and oxygen atoms in total. The number of carbonyl (C=O) groups excluding carboxylic acids is 3. The van der Waals surface area contributed by atoms with Crippen LogP contribution in [0.2, 0.25) is 0 Å². The maximum absolute atomic E-state index is 13.7. The lowest BCUT2D eigenvalue weighted by molar-refractivity contribution is -0.386.